The van der Waals surface area contributed by atoms with Gasteiger partial charge in [0.05, 0.1) is 24.6 Å². The van der Waals surface area contributed by atoms with E-state index in [1.54, 1.807) is 31.4 Å². The summed E-state index contributed by atoms with van der Waals surface area (Å²) >= 11 is 0. The molecular weight excluding hydrogens is 429 g/mol. The van der Waals surface area contributed by atoms with E-state index in [0.717, 1.165) is 18.4 Å². The van der Waals surface area contributed by atoms with Gasteiger partial charge in [0.15, 0.2) is 5.76 Å². The minimum Gasteiger partial charge on any atom is -0.496 e. The maximum atomic E-state index is 14.5. The Balaban J connectivity index is 1.57. The van der Waals surface area contributed by atoms with Crippen LogP contribution in [0.5, 0.6) is 5.75 Å². The van der Waals surface area contributed by atoms with Gasteiger partial charge in [-0.2, -0.15) is 0 Å². The molecular formula is C24H22FN3O5. The Morgan fingerprint density at radius 1 is 1.09 bits per heavy atom. The number of hydrogen-bond donors (Lipinski definition) is 1. The molecule has 2 aromatic heterocycles. The van der Waals surface area contributed by atoms with Crippen molar-refractivity contribution in [3.63, 3.8) is 0 Å². The number of carbonyl (C=O) groups is 1. The van der Waals surface area contributed by atoms with Gasteiger partial charge in [-0.25, -0.2) is 4.39 Å². The lowest BCUT2D eigenvalue weighted by atomic mass is 10.0. The highest BCUT2D eigenvalue weighted by atomic mass is 19.1. The van der Waals surface area contributed by atoms with Gasteiger partial charge in [-0.15, -0.1) is 10.2 Å². The number of benzene rings is 2. The van der Waals surface area contributed by atoms with Crippen molar-refractivity contribution in [1.82, 2.24) is 10.2 Å². The van der Waals surface area contributed by atoms with Crippen LogP contribution >= 0.6 is 0 Å². The van der Waals surface area contributed by atoms with Crippen molar-refractivity contribution in [2.45, 2.75) is 12.8 Å². The molecule has 0 saturated heterocycles. The first-order valence-corrected chi connectivity index (χ1v) is 10.2. The summed E-state index contributed by atoms with van der Waals surface area (Å²) < 4.78 is 35.8. The third kappa shape index (κ3) is 5.09. The van der Waals surface area contributed by atoms with E-state index in [4.69, 9.17) is 18.3 Å². The first-order valence-electron chi connectivity index (χ1n) is 10.2. The second kappa shape index (κ2) is 10.1. The quantitative estimate of drug-likeness (QED) is 0.359. The molecule has 4 aromatic rings. The predicted octanol–water partition coefficient (Wildman–Crippen LogP) is 4.98. The van der Waals surface area contributed by atoms with Crippen LogP contribution in [0.2, 0.25) is 0 Å². The summed E-state index contributed by atoms with van der Waals surface area (Å²) in [7, 11) is 3.12. The average molecular weight is 451 g/mol. The number of aromatic nitrogens is 2. The van der Waals surface area contributed by atoms with Crippen LogP contribution in [0.15, 0.2) is 63.6 Å². The fraction of sp³-hybridized carbons (Fsp3) is 0.208. The van der Waals surface area contributed by atoms with E-state index in [1.807, 2.05) is 6.07 Å². The SMILES string of the molecule is COCCCc1ccc(OC)c(C(=O)Nc2cc(-c3nnc(-c4ccco4)o3)ccc2F)c1. The van der Waals surface area contributed by atoms with Gasteiger partial charge in [-0.1, -0.05) is 6.07 Å². The second-order valence-electron chi connectivity index (χ2n) is 7.17. The molecule has 33 heavy (non-hydrogen) atoms. The van der Waals surface area contributed by atoms with E-state index < -0.39 is 11.7 Å². The maximum Gasteiger partial charge on any atom is 0.283 e. The normalized spacial score (nSPS) is 10.9. The maximum absolute atomic E-state index is 14.5. The number of amides is 1. The minimum absolute atomic E-state index is 0.0258. The van der Waals surface area contributed by atoms with Gasteiger partial charge in [0, 0.05) is 19.3 Å². The fourth-order valence-corrected chi connectivity index (χ4v) is 3.29. The molecule has 2 aromatic carbocycles. The molecule has 2 heterocycles. The summed E-state index contributed by atoms with van der Waals surface area (Å²) in [5.74, 6) is 0.0577. The summed E-state index contributed by atoms with van der Waals surface area (Å²) in [6, 6.07) is 12.9. The Bertz CT molecular complexity index is 1240. The molecule has 0 atom stereocenters. The van der Waals surface area contributed by atoms with E-state index in [2.05, 4.69) is 15.5 Å². The minimum atomic E-state index is -0.604. The molecule has 0 radical (unpaired) electrons. The molecule has 9 heteroatoms. The van der Waals surface area contributed by atoms with Gasteiger partial charge >= 0.3 is 0 Å². The van der Waals surface area contributed by atoms with Gasteiger partial charge < -0.3 is 23.6 Å². The predicted molar refractivity (Wildman–Crippen MR) is 119 cm³/mol. The number of halogens is 1. The third-order valence-corrected chi connectivity index (χ3v) is 4.94. The van der Waals surface area contributed by atoms with Crippen molar-refractivity contribution >= 4 is 11.6 Å². The van der Waals surface area contributed by atoms with Crippen molar-refractivity contribution in [3.8, 4) is 28.9 Å². The third-order valence-electron chi connectivity index (χ3n) is 4.94. The van der Waals surface area contributed by atoms with Crippen molar-refractivity contribution in [2.24, 2.45) is 0 Å². The van der Waals surface area contributed by atoms with Crippen LogP contribution in [-0.4, -0.2) is 36.9 Å². The smallest absolute Gasteiger partial charge is 0.283 e. The Hall–Kier alpha value is -3.98. The van der Waals surface area contributed by atoms with Crippen LogP contribution in [0.4, 0.5) is 10.1 Å². The largest absolute Gasteiger partial charge is 0.496 e. The summed E-state index contributed by atoms with van der Waals surface area (Å²) in [5, 5.41) is 10.5. The van der Waals surface area contributed by atoms with Gasteiger partial charge in [-0.05, 0) is 60.9 Å². The Morgan fingerprint density at radius 2 is 1.94 bits per heavy atom. The van der Waals surface area contributed by atoms with Gasteiger partial charge in [0.1, 0.15) is 11.6 Å². The molecule has 4 rings (SSSR count). The number of nitrogens with one attached hydrogen (secondary N) is 1. The Kier molecular flexibility index (Phi) is 6.80. The van der Waals surface area contributed by atoms with Crippen molar-refractivity contribution in [1.29, 1.82) is 0 Å². The molecule has 1 amide bonds. The molecule has 1 N–H and O–H groups in total. The zero-order valence-corrected chi connectivity index (χ0v) is 18.1. The highest BCUT2D eigenvalue weighted by Gasteiger charge is 2.18. The van der Waals surface area contributed by atoms with Crippen molar-refractivity contribution in [3.05, 3.63) is 71.7 Å². The molecule has 0 aliphatic carbocycles. The molecule has 0 fully saturated rings. The molecule has 0 aliphatic rings. The molecule has 0 saturated carbocycles. The first-order chi connectivity index (χ1) is 16.1. The average Bonchev–Trinajstić information content (AvgIpc) is 3.53. The number of methoxy groups -OCH3 is 2. The van der Waals surface area contributed by atoms with Crippen LogP contribution < -0.4 is 10.1 Å². The van der Waals surface area contributed by atoms with E-state index in [0.29, 0.717) is 29.2 Å². The van der Waals surface area contributed by atoms with Crippen molar-refractivity contribution in [2.75, 3.05) is 26.1 Å². The van der Waals surface area contributed by atoms with E-state index >= 15 is 0 Å². The van der Waals surface area contributed by atoms with Gasteiger partial charge in [0.2, 0.25) is 5.89 Å². The van der Waals surface area contributed by atoms with Crippen LogP contribution in [0.3, 0.4) is 0 Å². The zero-order valence-electron chi connectivity index (χ0n) is 18.1. The highest BCUT2D eigenvalue weighted by molar-refractivity contribution is 6.06. The number of rotatable bonds is 9. The van der Waals surface area contributed by atoms with Gasteiger partial charge in [-0.3, -0.25) is 4.79 Å². The van der Waals surface area contributed by atoms with Gasteiger partial charge in [0.25, 0.3) is 11.8 Å². The number of anilines is 1. The van der Waals surface area contributed by atoms with Crippen LogP contribution in [0.25, 0.3) is 23.1 Å². The number of carbonyl (C=O) groups excluding carboxylic acids is 1. The Morgan fingerprint density at radius 3 is 2.70 bits per heavy atom. The van der Waals surface area contributed by atoms with Crippen molar-refractivity contribution < 1.29 is 27.5 Å². The molecule has 0 aliphatic heterocycles. The first kappa shape index (κ1) is 22.2. The molecule has 0 unspecified atom stereocenters. The van der Waals surface area contributed by atoms with E-state index in [-0.39, 0.29) is 17.5 Å². The summed E-state index contributed by atoms with van der Waals surface area (Å²) in [4.78, 5) is 13.0. The molecule has 8 nitrogen and oxygen atoms in total. The summed E-state index contributed by atoms with van der Waals surface area (Å²) in [6.45, 7) is 0.614. The molecule has 0 bridgehead atoms. The number of furan rings is 1. The monoisotopic (exact) mass is 451 g/mol. The number of hydrogen-bond acceptors (Lipinski definition) is 7. The lowest BCUT2D eigenvalue weighted by Gasteiger charge is -2.12. The molecule has 0 spiro atoms. The van der Waals surface area contributed by atoms with Crippen LogP contribution in [0.1, 0.15) is 22.3 Å². The standard InChI is InChI=1S/C24H22FN3O5/c1-30-11-3-5-15-7-10-20(31-2)17(13-15)22(29)26-19-14-16(8-9-18(19)25)23-27-28-24(33-23)21-6-4-12-32-21/h4,6-10,12-14H,3,5,11H2,1-2H3,(H,26,29). The van der Waals surface area contributed by atoms with Crippen LogP contribution in [-0.2, 0) is 11.2 Å². The number of nitrogens with zero attached hydrogens (tertiary/aromatic N) is 2. The summed E-state index contributed by atoms with van der Waals surface area (Å²) in [5.41, 5.74) is 1.66. The fourth-order valence-electron chi connectivity index (χ4n) is 3.29. The summed E-state index contributed by atoms with van der Waals surface area (Å²) in [6.07, 6.45) is 3.04. The zero-order chi connectivity index (χ0) is 23.2. The molecule has 170 valence electrons. The van der Waals surface area contributed by atoms with E-state index in [1.165, 1.54) is 31.6 Å². The van der Waals surface area contributed by atoms with Crippen LogP contribution in [0, 0.1) is 5.82 Å². The lowest BCUT2D eigenvalue weighted by Crippen LogP contribution is -2.15. The lowest BCUT2D eigenvalue weighted by molar-refractivity contribution is 0.102. The topological polar surface area (TPSA) is 99.6 Å². The highest BCUT2D eigenvalue weighted by Crippen LogP contribution is 2.28. The Labute approximate surface area is 189 Å². The second-order valence-corrected chi connectivity index (χ2v) is 7.17. The number of ether oxygens (including phenoxy) is 2. The number of aryl methyl sites for hydroxylation is 1. The van der Waals surface area contributed by atoms with E-state index in [9.17, 15) is 9.18 Å².